The molecule has 5 atom stereocenters. The van der Waals surface area contributed by atoms with E-state index < -0.39 is 49.1 Å². The zero-order valence-corrected chi connectivity index (χ0v) is 11.4. The van der Waals surface area contributed by atoms with Crippen LogP contribution < -0.4 is 0 Å². The van der Waals surface area contributed by atoms with Crippen LogP contribution in [0.4, 0.5) is 0 Å². The molecule has 8 heteroatoms. The van der Waals surface area contributed by atoms with Gasteiger partial charge in [0.25, 0.3) is 11.8 Å². The van der Waals surface area contributed by atoms with Gasteiger partial charge in [-0.15, -0.1) is 0 Å². The van der Waals surface area contributed by atoms with E-state index in [1.807, 2.05) is 0 Å². The van der Waals surface area contributed by atoms with E-state index in [-0.39, 0.29) is 11.1 Å². The van der Waals surface area contributed by atoms with Gasteiger partial charge in [0, 0.05) is 0 Å². The number of ether oxygens (including phenoxy) is 1. The molecule has 1 aromatic rings. The minimum Gasteiger partial charge on any atom is -0.394 e. The molecule has 0 radical (unpaired) electrons. The second-order valence-electron chi connectivity index (χ2n) is 5.25. The fourth-order valence-corrected chi connectivity index (χ4v) is 2.84. The summed E-state index contributed by atoms with van der Waals surface area (Å²) in [6.07, 6.45) is -6.08. The fourth-order valence-electron chi connectivity index (χ4n) is 2.84. The molecule has 2 heterocycles. The molecule has 0 aliphatic carbocycles. The van der Waals surface area contributed by atoms with Crippen LogP contribution in [0.3, 0.4) is 0 Å². The van der Waals surface area contributed by atoms with Gasteiger partial charge in [0.2, 0.25) is 0 Å². The first-order valence-electron chi connectivity index (χ1n) is 6.74. The van der Waals surface area contributed by atoms with Gasteiger partial charge >= 0.3 is 0 Å². The predicted molar refractivity (Wildman–Crippen MR) is 70.7 cm³/mol. The molecule has 1 saturated heterocycles. The average Bonchev–Trinajstić information content (AvgIpc) is 2.77. The highest BCUT2D eigenvalue weighted by Gasteiger charge is 2.52. The van der Waals surface area contributed by atoms with Gasteiger partial charge in [0.15, 0.2) is 6.29 Å². The highest BCUT2D eigenvalue weighted by Crippen LogP contribution is 2.31. The number of imide groups is 1. The van der Waals surface area contributed by atoms with Crippen molar-refractivity contribution in [2.45, 2.75) is 30.6 Å². The van der Waals surface area contributed by atoms with Gasteiger partial charge in [0.1, 0.15) is 24.4 Å². The average molecular weight is 309 g/mol. The van der Waals surface area contributed by atoms with Gasteiger partial charge in [-0.05, 0) is 12.1 Å². The Morgan fingerprint density at radius 3 is 2.05 bits per heavy atom. The Bertz CT molecular complexity index is 584. The number of amides is 2. The lowest BCUT2D eigenvalue weighted by molar-refractivity contribution is -0.263. The molecule has 1 fully saturated rings. The number of aliphatic hydroxyl groups excluding tert-OH is 4. The molecule has 2 aliphatic rings. The summed E-state index contributed by atoms with van der Waals surface area (Å²) in [5.74, 6) is -1.36. The SMILES string of the molecule is O=C1c2ccccc2C(=O)N1[C@H]1C(O)O[C@H](CO)[C@@H](O)[C@@H]1O. The van der Waals surface area contributed by atoms with Crippen molar-refractivity contribution >= 4 is 11.8 Å². The Morgan fingerprint density at radius 2 is 1.55 bits per heavy atom. The molecule has 0 aromatic heterocycles. The van der Waals surface area contributed by atoms with E-state index in [1.165, 1.54) is 12.1 Å². The molecule has 2 aliphatic heterocycles. The number of nitrogens with zero attached hydrogens (tertiary/aromatic N) is 1. The molecule has 0 saturated carbocycles. The third-order valence-corrected chi connectivity index (χ3v) is 3.99. The molecule has 118 valence electrons. The van der Waals surface area contributed by atoms with Gasteiger partial charge in [0.05, 0.1) is 17.7 Å². The molecule has 8 nitrogen and oxygen atoms in total. The first-order chi connectivity index (χ1) is 10.5. The number of aliphatic hydroxyl groups is 4. The second kappa shape index (κ2) is 5.41. The maximum Gasteiger partial charge on any atom is 0.262 e. The molecule has 22 heavy (non-hydrogen) atoms. The molecule has 0 bridgehead atoms. The third-order valence-electron chi connectivity index (χ3n) is 3.99. The number of rotatable bonds is 2. The predicted octanol–water partition coefficient (Wildman–Crippen LogP) is -1.92. The fraction of sp³-hybridized carbons (Fsp3) is 0.429. The molecule has 1 aromatic carbocycles. The van der Waals surface area contributed by atoms with Crippen molar-refractivity contribution < 1.29 is 34.8 Å². The van der Waals surface area contributed by atoms with Gasteiger partial charge in [-0.3, -0.25) is 14.5 Å². The summed E-state index contributed by atoms with van der Waals surface area (Å²) in [6.45, 7) is -0.621. The van der Waals surface area contributed by atoms with Crippen LogP contribution in [-0.2, 0) is 4.74 Å². The summed E-state index contributed by atoms with van der Waals surface area (Å²) in [4.78, 5) is 25.4. The Hall–Kier alpha value is -1.84. The summed E-state index contributed by atoms with van der Waals surface area (Å²) in [6, 6.07) is 4.66. The first kappa shape index (κ1) is 15.1. The Kier molecular flexibility index (Phi) is 3.71. The quantitative estimate of drug-likeness (QED) is 0.469. The Labute approximate surface area is 125 Å². The van der Waals surface area contributed by atoms with Crippen molar-refractivity contribution in [2.75, 3.05) is 6.61 Å². The van der Waals surface area contributed by atoms with Crippen LogP contribution in [0.5, 0.6) is 0 Å². The van der Waals surface area contributed by atoms with Crippen LogP contribution in [-0.4, -0.2) is 74.4 Å². The molecule has 1 unspecified atom stereocenters. The smallest absolute Gasteiger partial charge is 0.262 e. The largest absolute Gasteiger partial charge is 0.394 e. The molecule has 4 N–H and O–H groups in total. The van der Waals surface area contributed by atoms with Crippen LogP contribution in [0, 0.1) is 0 Å². The summed E-state index contributed by atoms with van der Waals surface area (Å²) >= 11 is 0. The number of hydrogen-bond donors (Lipinski definition) is 4. The zero-order chi connectivity index (χ0) is 16.0. The lowest BCUT2D eigenvalue weighted by Crippen LogP contribution is -2.65. The van der Waals surface area contributed by atoms with Gasteiger partial charge < -0.3 is 25.2 Å². The van der Waals surface area contributed by atoms with Gasteiger partial charge in [-0.25, -0.2) is 0 Å². The highest BCUT2D eigenvalue weighted by molar-refractivity contribution is 6.21. The van der Waals surface area contributed by atoms with Crippen LogP contribution in [0.15, 0.2) is 24.3 Å². The van der Waals surface area contributed by atoms with Gasteiger partial charge in [-0.2, -0.15) is 0 Å². The van der Waals surface area contributed by atoms with Gasteiger partial charge in [-0.1, -0.05) is 12.1 Å². The normalized spacial score (nSPS) is 34.9. The van der Waals surface area contributed by atoms with Crippen LogP contribution in [0.1, 0.15) is 20.7 Å². The second-order valence-corrected chi connectivity index (χ2v) is 5.25. The van der Waals surface area contributed by atoms with Crippen molar-refractivity contribution in [3.63, 3.8) is 0 Å². The first-order valence-corrected chi connectivity index (χ1v) is 6.74. The van der Waals surface area contributed by atoms with E-state index in [9.17, 15) is 24.9 Å². The molecule has 3 rings (SSSR count). The van der Waals surface area contributed by atoms with E-state index in [0.717, 1.165) is 0 Å². The van der Waals surface area contributed by atoms with E-state index >= 15 is 0 Å². The standard InChI is InChI=1S/C14H15NO7/c16-5-8-10(17)11(18)9(14(21)22-8)15-12(19)6-3-1-2-4-7(6)13(15)20/h1-4,8-11,14,16-18,21H,5H2/t8-,9-,10-,11-,14?/m1/s1. The topological polar surface area (TPSA) is 128 Å². The van der Waals surface area contributed by atoms with E-state index in [1.54, 1.807) is 12.1 Å². The Balaban J connectivity index is 1.95. The summed E-state index contributed by atoms with van der Waals surface area (Å²) in [7, 11) is 0. The highest BCUT2D eigenvalue weighted by atomic mass is 16.6. The van der Waals surface area contributed by atoms with Crippen molar-refractivity contribution in [3.8, 4) is 0 Å². The summed E-state index contributed by atoms with van der Waals surface area (Å²) < 4.78 is 4.99. The molecular formula is C14H15NO7. The van der Waals surface area contributed by atoms with Crippen molar-refractivity contribution in [1.82, 2.24) is 4.90 Å². The summed E-state index contributed by atoms with van der Waals surface area (Å²) in [5.41, 5.74) is 0.316. The van der Waals surface area contributed by atoms with Crippen LogP contribution >= 0.6 is 0 Å². The number of hydrogen-bond acceptors (Lipinski definition) is 7. The van der Waals surface area contributed by atoms with E-state index in [4.69, 9.17) is 9.84 Å². The van der Waals surface area contributed by atoms with E-state index in [0.29, 0.717) is 4.90 Å². The van der Waals surface area contributed by atoms with Crippen molar-refractivity contribution in [1.29, 1.82) is 0 Å². The van der Waals surface area contributed by atoms with Crippen LogP contribution in [0.25, 0.3) is 0 Å². The molecule has 2 amide bonds. The number of carbonyl (C=O) groups is 2. The van der Waals surface area contributed by atoms with Crippen LogP contribution in [0.2, 0.25) is 0 Å². The third kappa shape index (κ3) is 2.04. The zero-order valence-electron chi connectivity index (χ0n) is 11.4. The van der Waals surface area contributed by atoms with Crippen molar-refractivity contribution in [2.24, 2.45) is 0 Å². The maximum atomic E-state index is 12.4. The lowest BCUT2D eigenvalue weighted by Gasteiger charge is -2.42. The van der Waals surface area contributed by atoms with Crippen molar-refractivity contribution in [3.05, 3.63) is 35.4 Å². The maximum absolute atomic E-state index is 12.4. The minimum absolute atomic E-state index is 0.158. The lowest BCUT2D eigenvalue weighted by atomic mass is 9.96. The number of benzene rings is 1. The number of carbonyl (C=O) groups excluding carboxylic acids is 2. The minimum atomic E-state index is -1.71. The monoisotopic (exact) mass is 309 g/mol. The number of fused-ring (bicyclic) bond motifs is 1. The summed E-state index contributed by atoms with van der Waals surface area (Å²) in [5, 5.41) is 39.0. The molecular weight excluding hydrogens is 294 g/mol. The van der Waals surface area contributed by atoms with E-state index in [2.05, 4.69) is 0 Å². The molecule has 0 spiro atoms. The Morgan fingerprint density at radius 1 is 1.00 bits per heavy atom.